The van der Waals surface area contributed by atoms with Crippen LogP contribution in [0.25, 0.3) is 11.5 Å². The first-order chi connectivity index (χ1) is 7.83. The van der Waals surface area contributed by atoms with Crippen molar-refractivity contribution in [3.8, 4) is 11.5 Å². The molecule has 5 nitrogen and oxygen atoms in total. The van der Waals surface area contributed by atoms with E-state index in [4.69, 9.17) is 0 Å². The zero-order valence-corrected chi connectivity index (χ0v) is 9.51. The Hall–Kier alpha value is -1.91. The van der Waals surface area contributed by atoms with Crippen molar-refractivity contribution in [2.75, 3.05) is 11.9 Å². The molecule has 0 saturated carbocycles. The smallest absolute Gasteiger partial charge is 0.162 e. The van der Waals surface area contributed by atoms with Crippen LogP contribution in [0.5, 0.6) is 0 Å². The number of hydrogen-bond acceptors (Lipinski definition) is 4. The molecule has 0 bridgehead atoms. The van der Waals surface area contributed by atoms with Crippen LogP contribution in [-0.4, -0.2) is 26.1 Å². The van der Waals surface area contributed by atoms with Crippen LogP contribution in [0.2, 0.25) is 0 Å². The van der Waals surface area contributed by atoms with E-state index in [9.17, 15) is 0 Å². The first-order valence-electron chi connectivity index (χ1n) is 5.35. The first kappa shape index (κ1) is 10.6. The maximum atomic E-state index is 4.33. The summed E-state index contributed by atoms with van der Waals surface area (Å²) in [5.74, 6) is 1.62. The van der Waals surface area contributed by atoms with Gasteiger partial charge in [0.1, 0.15) is 5.69 Å². The summed E-state index contributed by atoms with van der Waals surface area (Å²) in [5, 5.41) is 3.25. The quantitative estimate of drug-likeness (QED) is 0.846. The summed E-state index contributed by atoms with van der Waals surface area (Å²) in [7, 11) is 1.95. The van der Waals surface area contributed by atoms with Crippen molar-refractivity contribution in [1.29, 1.82) is 0 Å². The molecule has 5 heteroatoms. The van der Waals surface area contributed by atoms with Crippen LogP contribution < -0.4 is 5.32 Å². The Morgan fingerprint density at radius 2 is 2.00 bits per heavy atom. The van der Waals surface area contributed by atoms with Crippen molar-refractivity contribution in [1.82, 2.24) is 19.5 Å². The van der Waals surface area contributed by atoms with Gasteiger partial charge in [-0.1, -0.05) is 6.92 Å². The topological polar surface area (TPSA) is 55.6 Å². The van der Waals surface area contributed by atoms with Gasteiger partial charge in [-0.2, -0.15) is 0 Å². The van der Waals surface area contributed by atoms with E-state index in [1.54, 1.807) is 18.6 Å². The number of hydrogen-bond donors (Lipinski definition) is 1. The van der Waals surface area contributed by atoms with Gasteiger partial charge in [-0.15, -0.1) is 0 Å². The van der Waals surface area contributed by atoms with E-state index in [0.717, 1.165) is 30.3 Å². The van der Waals surface area contributed by atoms with E-state index < -0.39 is 0 Å². The molecule has 0 unspecified atom stereocenters. The van der Waals surface area contributed by atoms with Crippen LogP contribution in [0, 0.1) is 0 Å². The van der Waals surface area contributed by atoms with Crippen LogP contribution in [0.4, 0.5) is 5.82 Å². The molecule has 0 saturated heterocycles. The van der Waals surface area contributed by atoms with Crippen molar-refractivity contribution in [3.05, 3.63) is 24.8 Å². The van der Waals surface area contributed by atoms with Gasteiger partial charge in [-0.25, -0.2) is 15.0 Å². The van der Waals surface area contributed by atoms with E-state index >= 15 is 0 Å². The highest BCUT2D eigenvalue weighted by Gasteiger charge is 2.10. The summed E-state index contributed by atoms with van der Waals surface area (Å²) in [6.07, 6.45) is 8.07. The number of imidazole rings is 1. The Labute approximate surface area is 94.6 Å². The maximum absolute atomic E-state index is 4.33. The van der Waals surface area contributed by atoms with E-state index in [1.807, 2.05) is 17.8 Å². The third kappa shape index (κ3) is 2.03. The third-order valence-corrected chi connectivity index (χ3v) is 2.27. The minimum atomic E-state index is 0.790. The number of aryl methyl sites for hydroxylation is 1. The number of anilines is 1. The Bertz CT molecular complexity index is 463. The average molecular weight is 217 g/mol. The lowest BCUT2D eigenvalue weighted by atomic mass is 10.3. The van der Waals surface area contributed by atoms with Crippen LogP contribution in [-0.2, 0) is 7.05 Å². The van der Waals surface area contributed by atoms with Gasteiger partial charge in [0.15, 0.2) is 11.6 Å². The molecule has 16 heavy (non-hydrogen) atoms. The average Bonchev–Trinajstić information content (AvgIpc) is 2.73. The first-order valence-corrected chi connectivity index (χ1v) is 5.35. The minimum Gasteiger partial charge on any atom is -0.368 e. The summed E-state index contributed by atoms with van der Waals surface area (Å²) in [5.41, 5.74) is 0.795. The zero-order valence-electron chi connectivity index (χ0n) is 9.51. The molecule has 2 aromatic rings. The second-order valence-corrected chi connectivity index (χ2v) is 3.54. The normalized spacial score (nSPS) is 10.4. The molecule has 0 aliphatic heterocycles. The van der Waals surface area contributed by atoms with Crippen LogP contribution >= 0.6 is 0 Å². The molecule has 0 amide bonds. The lowest BCUT2D eigenvalue weighted by Crippen LogP contribution is -2.06. The predicted octanol–water partition coefficient (Wildman–Crippen LogP) is 1.70. The predicted molar refractivity (Wildman–Crippen MR) is 63.0 cm³/mol. The Kier molecular flexibility index (Phi) is 3.14. The molecule has 0 spiro atoms. The molecule has 0 aliphatic rings. The van der Waals surface area contributed by atoms with Gasteiger partial charge >= 0.3 is 0 Å². The number of nitrogens with zero attached hydrogens (tertiary/aromatic N) is 4. The Balaban J connectivity index is 2.37. The molecule has 84 valence electrons. The highest BCUT2D eigenvalue weighted by Crippen LogP contribution is 2.20. The largest absolute Gasteiger partial charge is 0.368 e. The van der Waals surface area contributed by atoms with Gasteiger partial charge in [0.05, 0.1) is 0 Å². The SMILES string of the molecule is CCCNc1nccnc1-c1nccn1C. The molecule has 0 radical (unpaired) electrons. The number of nitrogens with one attached hydrogen (secondary N) is 1. The van der Waals surface area contributed by atoms with E-state index in [2.05, 4.69) is 27.2 Å². The fourth-order valence-corrected chi connectivity index (χ4v) is 1.47. The standard InChI is InChI=1S/C11H15N5/c1-3-4-13-10-9(12-5-6-14-10)11-15-7-8-16(11)2/h5-8H,3-4H2,1-2H3,(H,13,14). The number of rotatable bonds is 4. The molecule has 2 heterocycles. The Morgan fingerprint density at radius 1 is 1.19 bits per heavy atom. The third-order valence-electron chi connectivity index (χ3n) is 2.27. The molecule has 2 rings (SSSR count). The van der Waals surface area contributed by atoms with Crippen molar-refractivity contribution in [2.45, 2.75) is 13.3 Å². The molecular weight excluding hydrogens is 202 g/mol. The second kappa shape index (κ2) is 4.74. The van der Waals surface area contributed by atoms with Gasteiger partial charge in [0, 0.05) is 38.4 Å². The van der Waals surface area contributed by atoms with Gasteiger partial charge in [-0.3, -0.25) is 0 Å². The second-order valence-electron chi connectivity index (χ2n) is 3.54. The van der Waals surface area contributed by atoms with Crippen molar-refractivity contribution in [2.24, 2.45) is 7.05 Å². The molecule has 2 aromatic heterocycles. The van der Waals surface area contributed by atoms with Gasteiger partial charge in [0.25, 0.3) is 0 Å². The fraction of sp³-hybridized carbons (Fsp3) is 0.364. The summed E-state index contributed by atoms with van der Waals surface area (Å²) in [4.78, 5) is 12.9. The monoisotopic (exact) mass is 217 g/mol. The van der Waals surface area contributed by atoms with Crippen LogP contribution in [0.1, 0.15) is 13.3 Å². The molecule has 0 atom stereocenters. The lowest BCUT2D eigenvalue weighted by molar-refractivity contribution is 0.910. The molecule has 0 fully saturated rings. The van der Waals surface area contributed by atoms with Crippen molar-refractivity contribution >= 4 is 5.82 Å². The van der Waals surface area contributed by atoms with Crippen molar-refractivity contribution in [3.63, 3.8) is 0 Å². The van der Waals surface area contributed by atoms with E-state index in [-0.39, 0.29) is 0 Å². The van der Waals surface area contributed by atoms with Crippen molar-refractivity contribution < 1.29 is 0 Å². The highest BCUT2D eigenvalue weighted by atomic mass is 15.1. The fourth-order valence-electron chi connectivity index (χ4n) is 1.47. The molecule has 0 aliphatic carbocycles. The lowest BCUT2D eigenvalue weighted by Gasteiger charge is -2.08. The summed E-state index contributed by atoms with van der Waals surface area (Å²) in [6, 6.07) is 0. The zero-order chi connectivity index (χ0) is 11.4. The van der Waals surface area contributed by atoms with Gasteiger partial charge in [0.2, 0.25) is 0 Å². The maximum Gasteiger partial charge on any atom is 0.162 e. The summed E-state index contributed by atoms with van der Waals surface area (Å²) in [6.45, 7) is 3.00. The minimum absolute atomic E-state index is 0.790. The van der Waals surface area contributed by atoms with Crippen LogP contribution in [0.3, 0.4) is 0 Å². The van der Waals surface area contributed by atoms with Crippen LogP contribution in [0.15, 0.2) is 24.8 Å². The van der Waals surface area contributed by atoms with Gasteiger partial charge < -0.3 is 9.88 Å². The molecule has 0 aromatic carbocycles. The molecular formula is C11H15N5. The number of aromatic nitrogens is 4. The van der Waals surface area contributed by atoms with Gasteiger partial charge in [-0.05, 0) is 6.42 Å². The van der Waals surface area contributed by atoms with E-state index in [1.165, 1.54) is 0 Å². The highest BCUT2D eigenvalue weighted by molar-refractivity contribution is 5.65. The summed E-state index contributed by atoms with van der Waals surface area (Å²) >= 11 is 0. The molecule has 1 N–H and O–H groups in total. The van der Waals surface area contributed by atoms with E-state index in [0.29, 0.717) is 0 Å². The Morgan fingerprint density at radius 3 is 2.69 bits per heavy atom. The summed E-state index contributed by atoms with van der Waals surface area (Å²) < 4.78 is 1.93.